The summed E-state index contributed by atoms with van der Waals surface area (Å²) in [5, 5.41) is 6.43. The summed E-state index contributed by atoms with van der Waals surface area (Å²) in [5.74, 6) is 1.62. The number of halogens is 2. The fourth-order valence-electron chi connectivity index (χ4n) is 2.26. The van der Waals surface area contributed by atoms with Crippen LogP contribution in [-0.2, 0) is 6.54 Å². The molecule has 0 aliphatic rings. The Kier molecular flexibility index (Phi) is 10.6. The topological polar surface area (TPSA) is 67.8 Å². The molecule has 0 fully saturated rings. The number of aliphatic imine (C=N–C) groups is 1. The molecule has 2 rings (SSSR count). The van der Waals surface area contributed by atoms with Gasteiger partial charge in [0.05, 0.1) is 12.6 Å². The summed E-state index contributed by atoms with van der Waals surface area (Å²) in [5.41, 5.74) is 1.02. The van der Waals surface area contributed by atoms with Crippen LogP contribution in [0, 0.1) is 5.82 Å². The highest BCUT2D eigenvalue weighted by Crippen LogP contribution is 2.12. The molecule has 0 spiro atoms. The van der Waals surface area contributed by atoms with Crippen LogP contribution in [0.4, 0.5) is 4.39 Å². The van der Waals surface area contributed by atoms with E-state index in [1.54, 1.807) is 25.4 Å². The highest BCUT2D eigenvalue weighted by Gasteiger charge is 2.06. The van der Waals surface area contributed by atoms with Crippen molar-refractivity contribution in [2.45, 2.75) is 39.5 Å². The van der Waals surface area contributed by atoms with Gasteiger partial charge in [0.1, 0.15) is 17.7 Å². The van der Waals surface area contributed by atoms with Crippen LogP contribution in [0.2, 0.25) is 0 Å². The van der Waals surface area contributed by atoms with E-state index in [0.717, 1.165) is 5.56 Å². The maximum Gasteiger partial charge on any atom is 0.213 e. The van der Waals surface area contributed by atoms with Crippen molar-refractivity contribution in [1.82, 2.24) is 15.6 Å². The van der Waals surface area contributed by atoms with Crippen molar-refractivity contribution < 1.29 is 13.9 Å². The number of ether oxygens (including phenoxy) is 2. The van der Waals surface area contributed by atoms with Crippen molar-refractivity contribution in [3.05, 3.63) is 54.0 Å². The molecule has 0 aliphatic carbocycles. The van der Waals surface area contributed by atoms with Crippen molar-refractivity contribution in [2.75, 3.05) is 13.6 Å². The van der Waals surface area contributed by atoms with E-state index in [4.69, 9.17) is 9.47 Å². The van der Waals surface area contributed by atoms with Gasteiger partial charge in [-0.1, -0.05) is 6.07 Å². The van der Waals surface area contributed by atoms with Gasteiger partial charge in [0.2, 0.25) is 5.88 Å². The molecule has 2 aromatic rings. The molecule has 0 saturated heterocycles. The van der Waals surface area contributed by atoms with Gasteiger partial charge in [-0.3, -0.25) is 4.99 Å². The van der Waals surface area contributed by atoms with E-state index >= 15 is 0 Å². The van der Waals surface area contributed by atoms with Gasteiger partial charge in [-0.15, -0.1) is 24.0 Å². The quantitative estimate of drug-likeness (QED) is 0.327. The minimum atomic E-state index is -0.281. The van der Waals surface area contributed by atoms with E-state index in [1.807, 2.05) is 32.9 Å². The molecule has 1 heterocycles. The molecule has 0 bridgehead atoms. The van der Waals surface area contributed by atoms with Gasteiger partial charge in [-0.05, 0) is 50.6 Å². The standard InChI is InChI=1S/C20H27FN4O2.HI/c1-14(2)26-19-10-5-16(12-23-19)13-25-20(22-4)24-11-15(3)27-18-8-6-17(21)7-9-18;/h5-10,12,14-15H,11,13H2,1-4H3,(H2,22,24,25);1H. The Morgan fingerprint density at radius 2 is 1.79 bits per heavy atom. The Bertz CT molecular complexity index is 724. The van der Waals surface area contributed by atoms with Crippen LogP contribution in [0.5, 0.6) is 11.6 Å². The molecule has 6 nitrogen and oxygen atoms in total. The van der Waals surface area contributed by atoms with Gasteiger partial charge in [0.15, 0.2) is 5.96 Å². The fourth-order valence-corrected chi connectivity index (χ4v) is 2.26. The van der Waals surface area contributed by atoms with Gasteiger partial charge < -0.3 is 20.1 Å². The smallest absolute Gasteiger partial charge is 0.213 e. The average Bonchev–Trinajstić information content (AvgIpc) is 2.64. The van der Waals surface area contributed by atoms with Crippen LogP contribution in [-0.4, -0.2) is 36.7 Å². The first-order valence-corrected chi connectivity index (χ1v) is 8.94. The van der Waals surface area contributed by atoms with Crippen LogP contribution in [0.15, 0.2) is 47.6 Å². The number of hydrogen-bond donors (Lipinski definition) is 2. The molecule has 28 heavy (non-hydrogen) atoms. The largest absolute Gasteiger partial charge is 0.489 e. The Morgan fingerprint density at radius 3 is 2.36 bits per heavy atom. The van der Waals surface area contributed by atoms with Crippen molar-refractivity contribution in [3.63, 3.8) is 0 Å². The molecule has 0 radical (unpaired) electrons. The summed E-state index contributed by atoms with van der Waals surface area (Å²) in [6.45, 7) is 7.00. The molecule has 0 aliphatic heterocycles. The SMILES string of the molecule is CN=C(NCc1ccc(OC(C)C)nc1)NCC(C)Oc1ccc(F)cc1.I. The lowest BCUT2D eigenvalue weighted by molar-refractivity contribution is 0.223. The molecular weight excluding hydrogens is 474 g/mol. The number of nitrogens with zero attached hydrogens (tertiary/aromatic N) is 2. The molecule has 0 amide bonds. The Morgan fingerprint density at radius 1 is 1.07 bits per heavy atom. The summed E-state index contributed by atoms with van der Waals surface area (Å²) in [7, 11) is 1.71. The highest BCUT2D eigenvalue weighted by molar-refractivity contribution is 14.0. The number of guanidine groups is 1. The first-order chi connectivity index (χ1) is 13.0. The van der Waals surface area contributed by atoms with E-state index in [0.29, 0.717) is 30.7 Å². The lowest BCUT2D eigenvalue weighted by Crippen LogP contribution is -2.41. The molecule has 154 valence electrons. The van der Waals surface area contributed by atoms with Gasteiger partial charge in [-0.2, -0.15) is 0 Å². The van der Waals surface area contributed by atoms with Crippen molar-refractivity contribution in [1.29, 1.82) is 0 Å². The van der Waals surface area contributed by atoms with Crippen LogP contribution in [0.1, 0.15) is 26.3 Å². The lowest BCUT2D eigenvalue weighted by Gasteiger charge is -2.18. The van der Waals surface area contributed by atoms with E-state index in [1.165, 1.54) is 12.1 Å². The Balaban J connectivity index is 0.00000392. The van der Waals surface area contributed by atoms with Crippen LogP contribution < -0.4 is 20.1 Å². The summed E-state index contributed by atoms with van der Waals surface area (Å²) < 4.78 is 24.2. The van der Waals surface area contributed by atoms with Crippen molar-refractivity contribution in [3.8, 4) is 11.6 Å². The van der Waals surface area contributed by atoms with Crippen molar-refractivity contribution in [2.24, 2.45) is 4.99 Å². The number of aromatic nitrogens is 1. The molecular formula is C20H28FIN4O2. The second-order valence-electron chi connectivity index (χ2n) is 6.36. The second-order valence-corrected chi connectivity index (χ2v) is 6.36. The first-order valence-electron chi connectivity index (χ1n) is 8.94. The molecule has 1 atom stereocenters. The molecule has 8 heteroatoms. The monoisotopic (exact) mass is 502 g/mol. The average molecular weight is 502 g/mol. The number of pyridine rings is 1. The lowest BCUT2D eigenvalue weighted by atomic mass is 10.3. The molecule has 1 unspecified atom stereocenters. The molecule has 2 N–H and O–H groups in total. The maximum absolute atomic E-state index is 12.9. The fraction of sp³-hybridized carbons (Fsp3) is 0.400. The Labute approximate surface area is 183 Å². The number of hydrogen-bond acceptors (Lipinski definition) is 4. The van der Waals surface area contributed by atoms with Gasteiger partial charge in [0, 0.05) is 25.9 Å². The third kappa shape index (κ3) is 8.73. The minimum Gasteiger partial charge on any atom is -0.489 e. The maximum atomic E-state index is 12.9. The van der Waals surface area contributed by atoms with E-state index in [9.17, 15) is 4.39 Å². The predicted molar refractivity (Wildman–Crippen MR) is 120 cm³/mol. The summed E-state index contributed by atoms with van der Waals surface area (Å²) in [4.78, 5) is 8.48. The summed E-state index contributed by atoms with van der Waals surface area (Å²) in [6, 6.07) is 9.79. The van der Waals surface area contributed by atoms with Crippen molar-refractivity contribution >= 4 is 29.9 Å². The Hall–Kier alpha value is -2.10. The normalized spacial score (nSPS) is 12.1. The summed E-state index contributed by atoms with van der Waals surface area (Å²) >= 11 is 0. The molecule has 0 saturated carbocycles. The third-order valence-electron chi connectivity index (χ3n) is 3.55. The number of benzene rings is 1. The van der Waals surface area contributed by atoms with Crippen LogP contribution >= 0.6 is 24.0 Å². The predicted octanol–water partition coefficient (Wildman–Crippen LogP) is 3.76. The second kappa shape index (κ2) is 12.4. The number of nitrogens with one attached hydrogen (secondary N) is 2. The van der Waals surface area contributed by atoms with E-state index in [2.05, 4.69) is 20.6 Å². The van der Waals surface area contributed by atoms with Gasteiger partial charge >= 0.3 is 0 Å². The van der Waals surface area contributed by atoms with Gasteiger partial charge in [0.25, 0.3) is 0 Å². The van der Waals surface area contributed by atoms with Crippen LogP contribution in [0.25, 0.3) is 0 Å². The zero-order chi connectivity index (χ0) is 19.6. The first kappa shape index (κ1) is 23.9. The minimum absolute atomic E-state index is 0. The molecule has 1 aromatic heterocycles. The summed E-state index contributed by atoms with van der Waals surface area (Å²) in [6.07, 6.45) is 1.77. The number of rotatable bonds is 8. The molecule has 1 aromatic carbocycles. The van der Waals surface area contributed by atoms with Crippen LogP contribution in [0.3, 0.4) is 0 Å². The van der Waals surface area contributed by atoms with E-state index in [-0.39, 0.29) is 42.0 Å². The third-order valence-corrected chi connectivity index (χ3v) is 3.55. The zero-order valence-electron chi connectivity index (χ0n) is 16.6. The zero-order valence-corrected chi connectivity index (χ0v) is 18.9. The van der Waals surface area contributed by atoms with Gasteiger partial charge in [-0.25, -0.2) is 9.37 Å². The highest BCUT2D eigenvalue weighted by atomic mass is 127. The van der Waals surface area contributed by atoms with E-state index < -0.39 is 0 Å².